The van der Waals surface area contributed by atoms with Crippen LogP contribution in [0.2, 0.25) is 0 Å². The normalized spacial score (nSPS) is 19.6. The molecule has 18 heavy (non-hydrogen) atoms. The molecule has 3 nitrogen and oxygen atoms in total. The number of hydrogen-bond acceptors (Lipinski definition) is 2. The highest BCUT2D eigenvalue weighted by Gasteiger charge is 2.30. The minimum atomic E-state index is -0.132. The van der Waals surface area contributed by atoms with Crippen molar-refractivity contribution in [2.45, 2.75) is 71.3 Å². The van der Waals surface area contributed by atoms with Gasteiger partial charge < -0.3 is 11.1 Å². The number of nitrogens with one attached hydrogen (secondary N) is 1. The molecular formula is C15H30N2O. The first-order valence-corrected chi connectivity index (χ1v) is 7.46. The van der Waals surface area contributed by atoms with Gasteiger partial charge in [-0.2, -0.15) is 0 Å². The van der Waals surface area contributed by atoms with Crippen molar-refractivity contribution in [2.75, 3.05) is 6.54 Å². The molecule has 0 aromatic rings. The second-order valence-electron chi connectivity index (χ2n) is 6.67. The maximum absolute atomic E-state index is 12.4. The van der Waals surface area contributed by atoms with Crippen molar-refractivity contribution in [2.24, 2.45) is 17.6 Å². The van der Waals surface area contributed by atoms with Crippen molar-refractivity contribution in [3.63, 3.8) is 0 Å². The van der Waals surface area contributed by atoms with Crippen LogP contribution in [0.5, 0.6) is 0 Å². The minimum absolute atomic E-state index is 0.132. The van der Waals surface area contributed by atoms with Gasteiger partial charge >= 0.3 is 0 Å². The van der Waals surface area contributed by atoms with Crippen LogP contribution >= 0.6 is 0 Å². The molecule has 0 radical (unpaired) electrons. The lowest BCUT2D eigenvalue weighted by Gasteiger charge is -2.32. The fourth-order valence-electron chi connectivity index (χ4n) is 2.92. The quantitative estimate of drug-likeness (QED) is 0.792. The molecule has 0 aromatic carbocycles. The lowest BCUT2D eigenvalue weighted by molar-refractivity contribution is -0.128. The van der Waals surface area contributed by atoms with E-state index in [-0.39, 0.29) is 17.4 Å². The topological polar surface area (TPSA) is 55.1 Å². The Bertz CT molecular complexity index is 252. The minimum Gasteiger partial charge on any atom is -0.351 e. The lowest BCUT2D eigenvalue weighted by atomic mass is 9.77. The summed E-state index contributed by atoms with van der Waals surface area (Å²) in [5.74, 6) is 0.989. The van der Waals surface area contributed by atoms with Crippen LogP contribution in [0.4, 0.5) is 0 Å². The van der Waals surface area contributed by atoms with Gasteiger partial charge in [0.2, 0.25) is 5.91 Å². The Morgan fingerprint density at radius 2 is 1.89 bits per heavy atom. The molecule has 1 unspecified atom stereocenters. The Labute approximate surface area is 112 Å². The molecule has 1 aliphatic rings. The monoisotopic (exact) mass is 254 g/mol. The highest BCUT2D eigenvalue weighted by atomic mass is 16.2. The SMILES string of the molecule is CC(C)(C)NC(=O)C(CCCN)C1CCCCC1. The molecule has 0 aromatic heterocycles. The Morgan fingerprint density at radius 3 is 2.39 bits per heavy atom. The van der Waals surface area contributed by atoms with Crippen LogP contribution in [0.25, 0.3) is 0 Å². The van der Waals surface area contributed by atoms with E-state index < -0.39 is 0 Å². The van der Waals surface area contributed by atoms with Crippen molar-refractivity contribution in [1.82, 2.24) is 5.32 Å². The van der Waals surface area contributed by atoms with Gasteiger partial charge in [-0.1, -0.05) is 19.3 Å². The summed E-state index contributed by atoms with van der Waals surface area (Å²) in [5, 5.41) is 3.15. The summed E-state index contributed by atoms with van der Waals surface area (Å²) in [4.78, 5) is 12.4. The van der Waals surface area contributed by atoms with Crippen molar-refractivity contribution >= 4 is 5.91 Å². The van der Waals surface area contributed by atoms with E-state index in [0.717, 1.165) is 12.8 Å². The predicted octanol–water partition coefficient (Wildman–Crippen LogP) is 2.84. The molecule has 0 aliphatic heterocycles. The maximum atomic E-state index is 12.4. The maximum Gasteiger partial charge on any atom is 0.223 e. The number of hydrogen-bond donors (Lipinski definition) is 2. The van der Waals surface area contributed by atoms with E-state index in [1.807, 2.05) is 20.8 Å². The molecule has 1 saturated carbocycles. The number of nitrogens with two attached hydrogens (primary N) is 1. The summed E-state index contributed by atoms with van der Waals surface area (Å²) in [7, 11) is 0. The Hall–Kier alpha value is -0.570. The van der Waals surface area contributed by atoms with Gasteiger partial charge in [-0.05, 0) is 58.9 Å². The highest BCUT2D eigenvalue weighted by Crippen LogP contribution is 2.32. The molecule has 0 spiro atoms. The summed E-state index contributed by atoms with van der Waals surface area (Å²) >= 11 is 0. The van der Waals surface area contributed by atoms with Gasteiger partial charge in [-0.3, -0.25) is 4.79 Å². The zero-order chi connectivity index (χ0) is 13.6. The van der Waals surface area contributed by atoms with Crippen LogP contribution in [-0.4, -0.2) is 18.0 Å². The molecule has 1 amide bonds. The van der Waals surface area contributed by atoms with Gasteiger partial charge in [0.1, 0.15) is 0 Å². The molecule has 106 valence electrons. The molecule has 1 aliphatic carbocycles. The standard InChI is InChI=1S/C15H30N2O/c1-15(2,3)17-14(18)13(10-7-11-16)12-8-5-4-6-9-12/h12-13H,4-11,16H2,1-3H3,(H,17,18). The van der Waals surface area contributed by atoms with Gasteiger partial charge in [0, 0.05) is 11.5 Å². The number of amides is 1. The van der Waals surface area contributed by atoms with Crippen LogP contribution in [0.1, 0.15) is 65.7 Å². The van der Waals surface area contributed by atoms with E-state index in [4.69, 9.17) is 5.73 Å². The molecule has 1 fully saturated rings. The Balaban J connectivity index is 2.60. The average Bonchev–Trinajstić information content (AvgIpc) is 2.28. The first kappa shape index (κ1) is 15.5. The van der Waals surface area contributed by atoms with Crippen LogP contribution in [-0.2, 0) is 4.79 Å². The fraction of sp³-hybridized carbons (Fsp3) is 0.933. The largest absolute Gasteiger partial charge is 0.351 e. The van der Waals surface area contributed by atoms with Gasteiger partial charge in [0.05, 0.1) is 0 Å². The molecule has 0 saturated heterocycles. The zero-order valence-electron chi connectivity index (χ0n) is 12.3. The van der Waals surface area contributed by atoms with Gasteiger partial charge in [0.15, 0.2) is 0 Å². The summed E-state index contributed by atoms with van der Waals surface area (Å²) < 4.78 is 0. The third-order valence-corrected chi connectivity index (χ3v) is 3.77. The zero-order valence-corrected chi connectivity index (χ0v) is 12.3. The van der Waals surface area contributed by atoms with Crippen LogP contribution < -0.4 is 11.1 Å². The fourth-order valence-corrected chi connectivity index (χ4v) is 2.92. The van der Waals surface area contributed by atoms with E-state index in [2.05, 4.69) is 5.32 Å². The molecule has 0 bridgehead atoms. The molecule has 3 N–H and O–H groups in total. The number of carbonyl (C=O) groups is 1. The first-order chi connectivity index (χ1) is 8.44. The van der Waals surface area contributed by atoms with Gasteiger partial charge in [-0.25, -0.2) is 0 Å². The number of rotatable bonds is 5. The molecule has 3 heteroatoms. The smallest absolute Gasteiger partial charge is 0.223 e. The summed E-state index contributed by atoms with van der Waals surface area (Å²) in [6.07, 6.45) is 8.24. The van der Waals surface area contributed by atoms with Crippen molar-refractivity contribution < 1.29 is 4.79 Å². The van der Waals surface area contributed by atoms with E-state index in [1.54, 1.807) is 0 Å². The molecule has 1 rings (SSSR count). The second-order valence-corrected chi connectivity index (χ2v) is 6.67. The van der Waals surface area contributed by atoms with Crippen molar-refractivity contribution in [1.29, 1.82) is 0 Å². The van der Waals surface area contributed by atoms with Crippen LogP contribution in [0.3, 0.4) is 0 Å². The van der Waals surface area contributed by atoms with E-state index in [0.29, 0.717) is 12.5 Å². The van der Waals surface area contributed by atoms with E-state index in [9.17, 15) is 4.79 Å². The highest BCUT2D eigenvalue weighted by molar-refractivity contribution is 5.79. The summed E-state index contributed by atoms with van der Waals surface area (Å²) in [6, 6.07) is 0. The predicted molar refractivity (Wildman–Crippen MR) is 76.2 cm³/mol. The Morgan fingerprint density at radius 1 is 1.28 bits per heavy atom. The molecule has 0 heterocycles. The second kappa shape index (κ2) is 7.13. The summed E-state index contributed by atoms with van der Waals surface area (Å²) in [6.45, 7) is 6.83. The molecule has 1 atom stereocenters. The summed E-state index contributed by atoms with van der Waals surface area (Å²) in [5.41, 5.74) is 5.47. The van der Waals surface area contributed by atoms with Gasteiger partial charge in [-0.15, -0.1) is 0 Å². The van der Waals surface area contributed by atoms with Crippen LogP contribution in [0, 0.1) is 11.8 Å². The Kier molecular flexibility index (Phi) is 6.13. The number of carbonyl (C=O) groups excluding carboxylic acids is 1. The van der Waals surface area contributed by atoms with Crippen molar-refractivity contribution in [3.8, 4) is 0 Å². The third kappa shape index (κ3) is 5.38. The van der Waals surface area contributed by atoms with E-state index in [1.165, 1.54) is 32.1 Å². The third-order valence-electron chi connectivity index (χ3n) is 3.77. The first-order valence-electron chi connectivity index (χ1n) is 7.46. The molecular weight excluding hydrogens is 224 g/mol. The van der Waals surface area contributed by atoms with Crippen LogP contribution in [0.15, 0.2) is 0 Å². The van der Waals surface area contributed by atoms with Crippen molar-refractivity contribution in [3.05, 3.63) is 0 Å². The average molecular weight is 254 g/mol. The lowest BCUT2D eigenvalue weighted by Crippen LogP contribution is -2.46. The van der Waals surface area contributed by atoms with E-state index >= 15 is 0 Å². The van der Waals surface area contributed by atoms with Gasteiger partial charge in [0.25, 0.3) is 0 Å².